The third-order valence-electron chi connectivity index (χ3n) is 2.91. The molecule has 1 aromatic rings. The summed E-state index contributed by atoms with van der Waals surface area (Å²) >= 11 is 3.14. The maximum atomic E-state index is 12.7. The first-order valence-electron chi connectivity index (χ1n) is 5.19. The van der Waals surface area contributed by atoms with Gasteiger partial charge in [0.2, 0.25) is 0 Å². The highest BCUT2D eigenvalue weighted by molar-refractivity contribution is 9.10. The van der Waals surface area contributed by atoms with Crippen molar-refractivity contribution < 1.29 is 18.0 Å². The van der Waals surface area contributed by atoms with E-state index in [4.69, 9.17) is 5.73 Å². The molecule has 0 aromatic heterocycles. The number of amides is 1. The molecule has 98 valence electrons. The average molecular weight is 323 g/mol. The van der Waals surface area contributed by atoms with Gasteiger partial charge in [-0.1, -0.05) is 15.9 Å². The average Bonchev–Trinajstić information content (AvgIpc) is 3.01. The summed E-state index contributed by atoms with van der Waals surface area (Å²) in [4.78, 5) is 11.8. The predicted molar refractivity (Wildman–Crippen MR) is 64.0 cm³/mol. The molecule has 18 heavy (non-hydrogen) atoms. The van der Waals surface area contributed by atoms with Gasteiger partial charge >= 0.3 is 6.18 Å². The van der Waals surface area contributed by atoms with Crippen LogP contribution in [0, 0.1) is 0 Å². The minimum absolute atomic E-state index is 0.0416. The van der Waals surface area contributed by atoms with Crippen molar-refractivity contribution in [3.63, 3.8) is 0 Å². The molecule has 0 atom stereocenters. The van der Waals surface area contributed by atoms with Crippen molar-refractivity contribution in [1.29, 1.82) is 0 Å². The third kappa shape index (κ3) is 2.31. The maximum absolute atomic E-state index is 12.7. The van der Waals surface area contributed by atoms with E-state index in [0.29, 0.717) is 4.47 Å². The van der Waals surface area contributed by atoms with Gasteiger partial charge in [0.1, 0.15) is 5.54 Å². The molecule has 1 aliphatic carbocycles. The Bertz CT molecular complexity index is 498. The summed E-state index contributed by atoms with van der Waals surface area (Å²) in [7, 11) is 0. The van der Waals surface area contributed by atoms with Crippen LogP contribution in [-0.2, 0) is 0 Å². The molecular formula is C11H10BrF3N2O. The highest BCUT2D eigenvalue weighted by Gasteiger charge is 2.64. The first kappa shape index (κ1) is 13.2. The molecule has 0 bridgehead atoms. The predicted octanol–water partition coefficient (Wildman–Crippen LogP) is 2.86. The summed E-state index contributed by atoms with van der Waals surface area (Å²) in [5, 5.41) is 2.03. The number of benzene rings is 1. The Morgan fingerprint density at radius 3 is 2.50 bits per heavy atom. The van der Waals surface area contributed by atoms with E-state index in [-0.39, 0.29) is 24.1 Å². The summed E-state index contributed by atoms with van der Waals surface area (Å²) < 4.78 is 38.7. The van der Waals surface area contributed by atoms with Gasteiger partial charge in [0.05, 0.1) is 5.56 Å². The Kier molecular flexibility index (Phi) is 3.04. The SMILES string of the molecule is Nc1ccc(Br)cc1C(=O)NC1(C(F)(F)F)CC1. The number of nitrogens with one attached hydrogen (secondary N) is 1. The van der Waals surface area contributed by atoms with E-state index in [0.717, 1.165) is 0 Å². The highest BCUT2D eigenvalue weighted by Crippen LogP contribution is 2.49. The number of rotatable bonds is 2. The minimum Gasteiger partial charge on any atom is -0.398 e. The van der Waals surface area contributed by atoms with Gasteiger partial charge in [-0.2, -0.15) is 13.2 Å². The van der Waals surface area contributed by atoms with Crippen LogP contribution in [0.2, 0.25) is 0 Å². The van der Waals surface area contributed by atoms with E-state index in [1.165, 1.54) is 12.1 Å². The van der Waals surface area contributed by atoms with Crippen LogP contribution in [0.1, 0.15) is 23.2 Å². The Balaban J connectivity index is 2.21. The zero-order chi connectivity index (χ0) is 13.6. The lowest BCUT2D eigenvalue weighted by Crippen LogP contribution is -2.48. The van der Waals surface area contributed by atoms with E-state index in [9.17, 15) is 18.0 Å². The van der Waals surface area contributed by atoms with Crippen LogP contribution in [0.3, 0.4) is 0 Å². The molecule has 1 aliphatic rings. The number of halogens is 4. The Hall–Kier alpha value is -1.24. The van der Waals surface area contributed by atoms with Gasteiger partial charge in [0.25, 0.3) is 5.91 Å². The first-order valence-corrected chi connectivity index (χ1v) is 5.99. The molecule has 0 heterocycles. The Morgan fingerprint density at radius 1 is 1.39 bits per heavy atom. The quantitative estimate of drug-likeness (QED) is 0.823. The lowest BCUT2D eigenvalue weighted by atomic mass is 10.1. The maximum Gasteiger partial charge on any atom is 0.411 e. The highest BCUT2D eigenvalue weighted by atomic mass is 79.9. The van der Waals surface area contributed by atoms with Gasteiger partial charge in [-0.3, -0.25) is 4.79 Å². The second kappa shape index (κ2) is 4.15. The van der Waals surface area contributed by atoms with E-state index >= 15 is 0 Å². The topological polar surface area (TPSA) is 55.1 Å². The molecule has 1 fully saturated rings. The molecule has 3 nitrogen and oxygen atoms in total. The van der Waals surface area contributed by atoms with Gasteiger partial charge in [-0.15, -0.1) is 0 Å². The molecular weight excluding hydrogens is 313 g/mol. The minimum atomic E-state index is -4.43. The van der Waals surface area contributed by atoms with Gasteiger partial charge in [-0.25, -0.2) is 0 Å². The number of carbonyl (C=O) groups excluding carboxylic acids is 1. The molecule has 0 aliphatic heterocycles. The number of nitrogen functional groups attached to an aromatic ring is 1. The van der Waals surface area contributed by atoms with Gasteiger partial charge in [-0.05, 0) is 31.0 Å². The van der Waals surface area contributed by atoms with E-state index < -0.39 is 17.6 Å². The van der Waals surface area contributed by atoms with E-state index in [1.54, 1.807) is 6.07 Å². The molecule has 0 spiro atoms. The van der Waals surface area contributed by atoms with Crippen molar-refractivity contribution in [2.75, 3.05) is 5.73 Å². The molecule has 0 unspecified atom stereocenters. The van der Waals surface area contributed by atoms with Crippen LogP contribution in [0.4, 0.5) is 18.9 Å². The largest absolute Gasteiger partial charge is 0.411 e. The van der Waals surface area contributed by atoms with Crippen LogP contribution < -0.4 is 11.1 Å². The van der Waals surface area contributed by atoms with E-state index in [2.05, 4.69) is 15.9 Å². The lowest BCUT2D eigenvalue weighted by molar-refractivity contribution is -0.163. The van der Waals surface area contributed by atoms with Gasteiger partial charge in [0.15, 0.2) is 0 Å². The van der Waals surface area contributed by atoms with E-state index in [1.807, 2.05) is 5.32 Å². The molecule has 0 radical (unpaired) electrons. The fraction of sp³-hybridized carbons (Fsp3) is 0.364. The monoisotopic (exact) mass is 322 g/mol. The molecule has 3 N–H and O–H groups in total. The second-order valence-corrected chi connectivity index (χ2v) is 5.18. The summed E-state index contributed by atoms with van der Waals surface area (Å²) in [5.74, 6) is -0.802. The summed E-state index contributed by atoms with van der Waals surface area (Å²) in [6, 6.07) is 4.48. The number of hydrogen-bond donors (Lipinski definition) is 2. The van der Waals surface area contributed by atoms with Crippen molar-refractivity contribution in [2.24, 2.45) is 0 Å². The number of anilines is 1. The molecule has 1 aromatic carbocycles. The molecule has 0 saturated heterocycles. The van der Waals surface area contributed by atoms with Gasteiger partial charge in [0, 0.05) is 10.2 Å². The van der Waals surface area contributed by atoms with Crippen LogP contribution in [0.25, 0.3) is 0 Å². The first-order chi connectivity index (χ1) is 8.25. The zero-order valence-electron chi connectivity index (χ0n) is 9.14. The lowest BCUT2D eigenvalue weighted by Gasteiger charge is -2.21. The van der Waals surface area contributed by atoms with Crippen molar-refractivity contribution in [3.05, 3.63) is 28.2 Å². The number of alkyl halides is 3. The van der Waals surface area contributed by atoms with Crippen molar-refractivity contribution in [1.82, 2.24) is 5.32 Å². The van der Waals surface area contributed by atoms with Crippen molar-refractivity contribution in [2.45, 2.75) is 24.6 Å². The van der Waals surface area contributed by atoms with Crippen molar-refractivity contribution in [3.8, 4) is 0 Å². The zero-order valence-corrected chi connectivity index (χ0v) is 10.7. The summed E-state index contributed by atoms with van der Waals surface area (Å²) in [5.41, 5.74) is 3.69. The molecule has 1 amide bonds. The smallest absolute Gasteiger partial charge is 0.398 e. The number of hydrogen-bond acceptors (Lipinski definition) is 2. The Morgan fingerprint density at radius 2 is 2.00 bits per heavy atom. The number of nitrogens with two attached hydrogens (primary N) is 1. The molecule has 2 rings (SSSR count). The van der Waals surface area contributed by atoms with Gasteiger partial charge < -0.3 is 11.1 Å². The third-order valence-corrected chi connectivity index (χ3v) is 3.40. The van der Waals surface area contributed by atoms with Crippen molar-refractivity contribution >= 4 is 27.5 Å². The molecule has 1 saturated carbocycles. The van der Waals surface area contributed by atoms with Crippen LogP contribution in [0.5, 0.6) is 0 Å². The van der Waals surface area contributed by atoms with Crippen LogP contribution in [0.15, 0.2) is 22.7 Å². The fourth-order valence-corrected chi connectivity index (χ4v) is 1.98. The Labute approximate surface area is 110 Å². The fourth-order valence-electron chi connectivity index (χ4n) is 1.61. The molecule has 7 heteroatoms. The van der Waals surface area contributed by atoms with Crippen LogP contribution >= 0.6 is 15.9 Å². The second-order valence-electron chi connectivity index (χ2n) is 4.27. The summed E-state index contributed by atoms with van der Waals surface area (Å²) in [6.07, 6.45) is -4.60. The summed E-state index contributed by atoms with van der Waals surface area (Å²) in [6.45, 7) is 0. The number of carbonyl (C=O) groups is 1. The normalized spacial score (nSPS) is 17.3. The van der Waals surface area contributed by atoms with Crippen LogP contribution in [-0.4, -0.2) is 17.6 Å². The standard InChI is InChI=1S/C11H10BrF3N2O/c12-6-1-2-8(16)7(5-6)9(18)17-10(3-4-10)11(13,14)15/h1-2,5H,3-4,16H2,(H,17,18).